The fraction of sp³-hybridized carbons (Fsp3) is 0.0500. The lowest BCUT2D eigenvalue weighted by molar-refractivity contribution is 1.11. The molecule has 2 heterocycles. The fourth-order valence-corrected chi connectivity index (χ4v) is 6.33. The van der Waals surface area contributed by atoms with Crippen molar-refractivity contribution in [2.75, 3.05) is 4.90 Å². The van der Waals surface area contributed by atoms with Crippen LogP contribution in [0.3, 0.4) is 0 Å². The lowest BCUT2D eigenvalue weighted by Gasteiger charge is -2.26. The number of anilines is 3. The third-order valence-corrected chi connectivity index (χ3v) is 8.47. The molecule has 0 atom stereocenters. The highest BCUT2D eigenvalue weighted by atomic mass is 15.1. The van der Waals surface area contributed by atoms with Crippen LogP contribution in [0.1, 0.15) is 11.1 Å². The summed E-state index contributed by atoms with van der Waals surface area (Å²) in [5.74, 6) is 0. The predicted octanol–water partition coefficient (Wildman–Crippen LogP) is 10.8. The molecular weight excluding hydrogens is 522 g/mol. The Morgan fingerprint density at radius 2 is 1.02 bits per heavy atom. The molecule has 8 aromatic rings. The zero-order valence-corrected chi connectivity index (χ0v) is 24.3. The minimum Gasteiger partial charge on any atom is -0.315 e. The van der Waals surface area contributed by atoms with Crippen molar-refractivity contribution in [3.63, 3.8) is 0 Å². The molecule has 0 radical (unpaired) electrons. The Hall–Kier alpha value is -5.54. The van der Waals surface area contributed by atoms with E-state index in [1.54, 1.807) is 0 Å². The van der Waals surface area contributed by atoms with Gasteiger partial charge >= 0.3 is 0 Å². The largest absolute Gasteiger partial charge is 0.315 e. The first-order valence-electron chi connectivity index (χ1n) is 14.8. The van der Waals surface area contributed by atoms with E-state index in [0.717, 1.165) is 28.4 Å². The summed E-state index contributed by atoms with van der Waals surface area (Å²) in [5.41, 5.74) is 11.8. The molecule has 0 spiro atoms. The van der Waals surface area contributed by atoms with Gasteiger partial charge in [-0.3, -0.25) is 0 Å². The number of aromatic nitrogens is 2. The third-order valence-electron chi connectivity index (χ3n) is 8.47. The van der Waals surface area contributed by atoms with E-state index in [1.807, 2.05) is 0 Å². The monoisotopic (exact) mass is 553 g/mol. The molecule has 0 aliphatic heterocycles. The smallest absolute Gasteiger partial charge is 0.0788 e. The molecular formula is C40H31N3. The second-order valence-corrected chi connectivity index (χ2v) is 11.3. The molecule has 0 amide bonds. The van der Waals surface area contributed by atoms with Crippen molar-refractivity contribution in [2.24, 2.45) is 0 Å². The molecule has 8 rings (SSSR count). The maximum Gasteiger partial charge on any atom is 0.0788 e. The first kappa shape index (κ1) is 25.2. The first-order chi connectivity index (χ1) is 21.2. The van der Waals surface area contributed by atoms with Crippen molar-refractivity contribution in [2.45, 2.75) is 13.8 Å². The number of rotatable bonds is 5. The molecule has 0 aliphatic carbocycles. The number of aryl methyl sites for hydroxylation is 2. The Balaban J connectivity index is 1.34. The average molecular weight is 554 g/mol. The van der Waals surface area contributed by atoms with E-state index in [0.29, 0.717) is 0 Å². The molecule has 6 aromatic carbocycles. The van der Waals surface area contributed by atoms with Gasteiger partial charge in [0, 0.05) is 50.8 Å². The molecule has 3 nitrogen and oxygen atoms in total. The Labute approximate surface area is 251 Å². The summed E-state index contributed by atoms with van der Waals surface area (Å²) in [7, 11) is 0. The molecule has 0 N–H and O–H groups in total. The normalized spacial score (nSPS) is 11.5. The summed E-state index contributed by atoms with van der Waals surface area (Å²) in [6.45, 7) is 4.26. The zero-order valence-electron chi connectivity index (χ0n) is 24.3. The molecule has 0 saturated carbocycles. The van der Waals surface area contributed by atoms with E-state index in [1.165, 1.54) is 43.8 Å². The predicted molar refractivity (Wildman–Crippen MR) is 182 cm³/mol. The highest BCUT2D eigenvalue weighted by Crippen LogP contribution is 2.39. The van der Waals surface area contributed by atoms with E-state index in [2.05, 4.69) is 180 Å². The minimum atomic E-state index is 1.12. The van der Waals surface area contributed by atoms with E-state index < -0.39 is 0 Å². The standard InChI is InChI=1S/C40H31N3/c1-28-12-17-32(18-13-28)42(33-19-14-29(2)15-20-33)34-21-23-35(24-22-34)43-38-11-7-6-10-36(38)37-25-16-30-26-27-41(39(30)40(37)43)31-8-4-3-5-9-31/h3-27H,1-2H3. The van der Waals surface area contributed by atoms with Crippen LogP contribution in [0.15, 0.2) is 152 Å². The van der Waals surface area contributed by atoms with Gasteiger partial charge in [0.15, 0.2) is 0 Å². The van der Waals surface area contributed by atoms with Gasteiger partial charge in [-0.05, 0) is 86.6 Å². The summed E-state index contributed by atoms with van der Waals surface area (Å²) in [5, 5.41) is 3.73. The maximum atomic E-state index is 2.43. The number of hydrogen-bond donors (Lipinski definition) is 0. The number of para-hydroxylation sites is 2. The number of fused-ring (bicyclic) bond motifs is 5. The molecule has 43 heavy (non-hydrogen) atoms. The van der Waals surface area contributed by atoms with E-state index >= 15 is 0 Å². The van der Waals surface area contributed by atoms with Crippen LogP contribution >= 0.6 is 0 Å². The van der Waals surface area contributed by atoms with Crippen molar-refractivity contribution in [1.82, 2.24) is 9.13 Å². The van der Waals surface area contributed by atoms with Crippen molar-refractivity contribution < 1.29 is 0 Å². The van der Waals surface area contributed by atoms with Gasteiger partial charge in [-0.15, -0.1) is 0 Å². The van der Waals surface area contributed by atoms with Gasteiger partial charge in [0.25, 0.3) is 0 Å². The molecule has 206 valence electrons. The second-order valence-electron chi connectivity index (χ2n) is 11.3. The fourth-order valence-electron chi connectivity index (χ4n) is 6.33. The molecule has 3 heteroatoms. The summed E-state index contributed by atoms with van der Waals surface area (Å²) in [4.78, 5) is 2.33. The van der Waals surface area contributed by atoms with Crippen LogP contribution in [0.2, 0.25) is 0 Å². The van der Waals surface area contributed by atoms with Crippen LogP contribution < -0.4 is 4.90 Å². The molecule has 2 aromatic heterocycles. The van der Waals surface area contributed by atoms with Crippen LogP contribution in [0.5, 0.6) is 0 Å². The summed E-state index contributed by atoms with van der Waals surface area (Å²) < 4.78 is 4.75. The second kappa shape index (κ2) is 10.1. The van der Waals surface area contributed by atoms with Crippen molar-refractivity contribution in [1.29, 1.82) is 0 Å². The van der Waals surface area contributed by atoms with Gasteiger partial charge < -0.3 is 14.0 Å². The van der Waals surface area contributed by atoms with Crippen LogP contribution in [0.4, 0.5) is 17.1 Å². The van der Waals surface area contributed by atoms with Crippen LogP contribution in [-0.2, 0) is 0 Å². The Morgan fingerprint density at radius 1 is 0.442 bits per heavy atom. The van der Waals surface area contributed by atoms with E-state index in [4.69, 9.17) is 0 Å². The Kier molecular flexibility index (Phi) is 5.90. The van der Waals surface area contributed by atoms with Crippen molar-refractivity contribution in [3.8, 4) is 11.4 Å². The number of hydrogen-bond acceptors (Lipinski definition) is 1. The van der Waals surface area contributed by atoms with E-state index in [9.17, 15) is 0 Å². The quantitative estimate of drug-likeness (QED) is 0.207. The van der Waals surface area contributed by atoms with Gasteiger partial charge in [0.2, 0.25) is 0 Å². The zero-order chi connectivity index (χ0) is 28.9. The molecule has 0 bridgehead atoms. The number of nitrogens with zero attached hydrogens (tertiary/aromatic N) is 3. The lowest BCUT2D eigenvalue weighted by Crippen LogP contribution is -2.10. The molecule has 0 fully saturated rings. The van der Waals surface area contributed by atoms with Crippen molar-refractivity contribution in [3.05, 3.63) is 163 Å². The molecule has 0 saturated heterocycles. The highest BCUT2D eigenvalue weighted by molar-refractivity contribution is 6.18. The molecule has 0 aliphatic rings. The summed E-state index contributed by atoms with van der Waals surface area (Å²) in [6, 6.07) is 52.6. The SMILES string of the molecule is Cc1ccc(N(c2ccc(C)cc2)c2ccc(-n3c4ccccc4c4ccc5ccn(-c6ccccc6)c5c43)cc2)cc1. The number of benzene rings is 6. The van der Waals surface area contributed by atoms with Gasteiger partial charge in [-0.25, -0.2) is 0 Å². The van der Waals surface area contributed by atoms with Gasteiger partial charge in [-0.1, -0.05) is 83.9 Å². The topological polar surface area (TPSA) is 13.1 Å². The summed E-state index contributed by atoms with van der Waals surface area (Å²) in [6.07, 6.45) is 2.19. The van der Waals surface area contributed by atoms with Gasteiger partial charge in [0.05, 0.1) is 16.6 Å². The van der Waals surface area contributed by atoms with E-state index in [-0.39, 0.29) is 0 Å². The van der Waals surface area contributed by atoms with Crippen LogP contribution in [0.25, 0.3) is 44.1 Å². The third kappa shape index (κ3) is 4.21. The maximum absolute atomic E-state index is 2.43. The van der Waals surface area contributed by atoms with Crippen LogP contribution in [0, 0.1) is 13.8 Å². The first-order valence-corrected chi connectivity index (χ1v) is 14.8. The average Bonchev–Trinajstić information content (AvgIpc) is 3.63. The minimum absolute atomic E-state index is 1.12. The van der Waals surface area contributed by atoms with Crippen LogP contribution in [-0.4, -0.2) is 9.13 Å². The molecule has 0 unspecified atom stereocenters. The Bertz CT molecular complexity index is 2170. The van der Waals surface area contributed by atoms with Crippen molar-refractivity contribution >= 4 is 49.8 Å². The lowest BCUT2D eigenvalue weighted by atomic mass is 10.1. The van der Waals surface area contributed by atoms with Gasteiger partial charge in [-0.2, -0.15) is 0 Å². The summed E-state index contributed by atoms with van der Waals surface area (Å²) >= 11 is 0. The Morgan fingerprint density at radius 3 is 1.67 bits per heavy atom. The van der Waals surface area contributed by atoms with Gasteiger partial charge in [0.1, 0.15) is 0 Å². The highest BCUT2D eigenvalue weighted by Gasteiger charge is 2.19.